The van der Waals surface area contributed by atoms with Gasteiger partial charge in [0.05, 0.1) is 5.69 Å². The quantitative estimate of drug-likeness (QED) is 0.867. The van der Waals surface area contributed by atoms with Crippen LogP contribution in [0, 0.1) is 5.92 Å². The van der Waals surface area contributed by atoms with Crippen LogP contribution in [0.2, 0.25) is 0 Å². The van der Waals surface area contributed by atoms with E-state index in [1.165, 1.54) is 51.7 Å². The smallest absolute Gasteiger partial charge is 0.177 e. The summed E-state index contributed by atoms with van der Waals surface area (Å²) in [6.07, 6.45) is 6.67. The number of aromatic nitrogens is 4. The Morgan fingerprint density at radius 1 is 1.04 bits per heavy atom. The zero-order valence-corrected chi connectivity index (χ0v) is 15.2. The molecule has 4 rings (SSSR count). The van der Waals surface area contributed by atoms with E-state index in [9.17, 15) is 0 Å². The van der Waals surface area contributed by atoms with E-state index in [1.807, 2.05) is 4.52 Å². The first-order valence-electron chi connectivity index (χ1n) is 9.46. The van der Waals surface area contributed by atoms with Gasteiger partial charge in [-0.2, -0.15) is 9.61 Å². The minimum Gasteiger partial charge on any atom is -0.303 e. The van der Waals surface area contributed by atoms with Gasteiger partial charge in [0.2, 0.25) is 0 Å². The molecule has 0 bridgehead atoms. The lowest BCUT2D eigenvalue weighted by Crippen LogP contribution is -2.38. The van der Waals surface area contributed by atoms with E-state index in [1.54, 1.807) is 0 Å². The fraction of sp³-hybridized carbons (Fsp3) is 0.737. The molecule has 0 aromatic carbocycles. The highest BCUT2D eigenvalue weighted by molar-refractivity contribution is 5.37. The largest absolute Gasteiger partial charge is 0.303 e. The summed E-state index contributed by atoms with van der Waals surface area (Å²) in [5.41, 5.74) is 2.01. The molecule has 0 unspecified atom stereocenters. The standard InChI is InChI=1S/C19H29N5/c1-19(2,3)16-7-8-17-20-21-18(24(17)22-16)15-9-11-23(12-10-15)13-14-5-4-6-14/h7-8,14-15H,4-6,9-13H2,1-3H3. The summed E-state index contributed by atoms with van der Waals surface area (Å²) in [6.45, 7) is 10.3. The first-order chi connectivity index (χ1) is 11.5. The van der Waals surface area contributed by atoms with Gasteiger partial charge in [0.25, 0.3) is 0 Å². The lowest BCUT2D eigenvalue weighted by atomic mass is 9.84. The Morgan fingerprint density at radius 3 is 2.42 bits per heavy atom. The molecule has 24 heavy (non-hydrogen) atoms. The number of hydrogen-bond donors (Lipinski definition) is 0. The lowest BCUT2D eigenvalue weighted by Gasteiger charge is -2.36. The summed E-state index contributed by atoms with van der Waals surface area (Å²) in [5.74, 6) is 2.51. The predicted octanol–water partition coefficient (Wildman–Crippen LogP) is 3.40. The topological polar surface area (TPSA) is 46.3 Å². The fourth-order valence-electron chi connectivity index (χ4n) is 3.87. The zero-order valence-electron chi connectivity index (χ0n) is 15.2. The molecule has 0 amide bonds. The van der Waals surface area contributed by atoms with Crippen LogP contribution in [0.25, 0.3) is 5.65 Å². The van der Waals surface area contributed by atoms with Gasteiger partial charge >= 0.3 is 0 Å². The SMILES string of the molecule is CC(C)(C)c1ccc2nnc(C3CCN(CC4CCC4)CC3)n2n1. The maximum Gasteiger partial charge on any atom is 0.177 e. The molecule has 2 aromatic heterocycles. The van der Waals surface area contributed by atoms with E-state index >= 15 is 0 Å². The van der Waals surface area contributed by atoms with Crippen LogP contribution in [0.5, 0.6) is 0 Å². The highest BCUT2D eigenvalue weighted by atomic mass is 15.4. The van der Waals surface area contributed by atoms with Gasteiger partial charge in [0.1, 0.15) is 0 Å². The van der Waals surface area contributed by atoms with Gasteiger partial charge < -0.3 is 4.90 Å². The molecule has 3 heterocycles. The third-order valence-electron chi connectivity index (χ3n) is 5.75. The summed E-state index contributed by atoms with van der Waals surface area (Å²) < 4.78 is 1.99. The highest BCUT2D eigenvalue weighted by Crippen LogP contribution is 2.31. The van der Waals surface area contributed by atoms with Crippen LogP contribution in [0.3, 0.4) is 0 Å². The van der Waals surface area contributed by atoms with Crippen LogP contribution in [0.4, 0.5) is 0 Å². The van der Waals surface area contributed by atoms with Crippen LogP contribution in [0.1, 0.15) is 70.3 Å². The molecule has 2 fully saturated rings. The summed E-state index contributed by atoms with van der Waals surface area (Å²) in [4.78, 5) is 2.65. The molecule has 0 N–H and O–H groups in total. The van der Waals surface area contributed by atoms with Gasteiger partial charge in [-0.15, -0.1) is 10.2 Å². The third kappa shape index (κ3) is 3.06. The number of likely N-dealkylation sites (tertiary alicyclic amines) is 1. The fourth-order valence-corrected chi connectivity index (χ4v) is 3.87. The van der Waals surface area contributed by atoms with E-state index in [2.05, 4.69) is 48.0 Å². The van der Waals surface area contributed by atoms with Gasteiger partial charge in [0.15, 0.2) is 11.5 Å². The molecule has 0 spiro atoms. The van der Waals surface area contributed by atoms with Crippen LogP contribution in [-0.2, 0) is 5.41 Å². The van der Waals surface area contributed by atoms with Crippen LogP contribution < -0.4 is 0 Å². The van der Waals surface area contributed by atoms with Crippen molar-refractivity contribution in [2.45, 2.75) is 64.2 Å². The molecule has 1 saturated carbocycles. The summed E-state index contributed by atoms with van der Waals surface area (Å²) in [6, 6.07) is 4.13. The Bertz CT molecular complexity index is 702. The van der Waals surface area contributed by atoms with E-state index in [0.29, 0.717) is 5.92 Å². The van der Waals surface area contributed by atoms with Crippen molar-refractivity contribution in [1.82, 2.24) is 24.7 Å². The molecule has 1 saturated heterocycles. The van der Waals surface area contributed by atoms with Gasteiger partial charge in [-0.25, -0.2) is 0 Å². The van der Waals surface area contributed by atoms with Crippen LogP contribution in [0.15, 0.2) is 12.1 Å². The van der Waals surface area contributed by atoms with Crippen LogP contribution in [-0.4, -0.2) is 44.3 Å². The summed E-state index contributed by atoms with van der Waals surface area (Å²) >= 11 is 0. The van der Waals surface area contributed by atoms with E-state index < -0.39 is 0 Å². The molecule has 2 aromatic rings. The zero-order chi connectivity index (χ0) is 16.7. The van der Waals surface area contributed by atoms with Crippen molar-refractivity contribution >= 4 is 5.65 Å². The Kier molecular flexibility index (Phi) is 4.07. The molecular weight excluding hydrogens is 298 g/mol. The predicted molar refractivity (Wildman–Crippen MR) is 95.2 cm³/mol. The molecule has 5 heteroatoms. The van der Waals surface area contributed by atoms with Gasteiger partial charge in [0, 0.05) is 17.9 Å². The minimum absolute atomic E-state index is 0.0435. The second kappa shape index (κ2) is 6.10. The van der Waals surface area contributed by atoms with Crippen molar-refractivity contribution in [3.05, 3.63) is 23.7 Å². The number of nitrogens with zero attached hydrogens (tertiary/aromatic N) is 5. The van der Waals surface area contributed by atoms with Crippen molar-refractivity contribution in [1.29, 1.82) is 0 Å². The average Bonchev–Trinajstić information content (AvgIpc) is 2.94. The molecule has 5 nitrogen and oxygen atoms in total. The first kappa shape index (κ1) is 16.0. The van der Waals surface area contributed by atoms with Crippen molar-refractivity contribution in [3.63, 3.8) is 0 Å². The van der Waals surface area contributed by atoms with Crippen molar-refractivity contribution in [2.75, 3.05) is 19.6 Å². The Hall–Kier alpha value is -1.49. The van der Waals surface area contributed by atoms with E-state index in [0.717, 1.165) is 23.1 Å². The monoisotopic (exact) mass is 327 g/mol. The number of rotatable bonds is 3. The Morgan fingerprint density at radius 2 is 1.79 bits per heavy atom. The Balaban J connectivity index is 1.50. The second-order valence-electron chi connectivity index (χ2n) is 8.67. The van der Waals surface area contributed by atoms with Crippen molar-refractivity contribution in [2.24, 2.45) is 5.92 Å². The molecule has 1 aliphatic heterocycles. The molecule has 0 radical (unpaired) electrons. The third-order valence-corrected chi connectivity index (χ3v) is 5.75. The summed E-state index contributed by atoms with van der Waals surface area (Å²) in [7, 11) is 0. The minimum atomic E-state index is 0.0435. The number of fused-ring (bicyclic) bond motifs is 1. The average molecular weight is 327 g/mol. The maximum absolute atomic E-state index is 4.85. The van der Waals surface area contributed by atoms with Gasteiger partial charge in [-0.3, -0.25) is 0 Å². The number of hydrogen-bond acceptors (Lipinski definition) is 4. The molecule has 2 aliphatic rings. The molecule has 0 atom stereocenters. The van der Waals surface area contributed by atoms with Gasteiger partial charge in [-0.1, -0.05) is 27.2 Å². The molecule has 130 valence electrons. The van der Waals surface area contributed by atoms with Crippen molar-refractivity contribution in [3.8, 4) is 0 Å². The maximum atomic E-state index is 4.85. The normalized spacial score (nSPS) is 21.3. The van der Waals surface area contributed by atoms with E-state index in [4.69, 9.17) is 5.10 Å². The van der Waals surface area contributed by atoms with Crippen molar-refractivity contribution < 1.29 is 0 Å². The second-order valence-corrected chi connectivity index (χ2v) is 8.67. The molecule has 1 aliphatic carbocycles. The lowest BCUT2D eigenvalue weighted by molar-refractivity contribution is 0.145. The first-order valence-corrected chi connectivity index (χ1v) is 9.46. The Labute approximate surface area is 144 Å². The molecular formula is C19H29N5. The van der Waals surface area contributed by atoms with Gasteiger partial charge in [-0.05, 0) is 56.8 Å². The number of piperidine rings is 1. The van der Waals surface area contributed by atoms with Crippen LogP contribution >= 0.6 is 0 Å². The van der Waals surface area contributed by atoms with E-state index in [-0.39, 0.29) is 5.41 Å². The highest BCUT2D eigenvalue weighted by Gasteiger charge is 2.28. The summed E-state index contributed by atoms with van der Waals surface area (Å²) in [5, 5.41) is 13.7.